The highest BCUT2D eigenvalue weighted by Gasteiger charge is 2.19. The zero-order valence-corrected chi connectivity index (χ0v) is 13.5. The number of anilines is 1. The third kappa shape index (κ3) is 3.20. The number of hydrogen-bond acceptors (Lipinski definition) is 5. The Hall–Kier alpha value is -0.940. The number of rotatable bonds is 5. The van der Waals surface area contributed by atoms with Gasteiger partial charge in [-0.1, -0.05) is 26.2 Å². The Morgan fingerprint density at radius 1 is 1.30 bits per heavy atom. The van der Waals surface area contributed by atoms with E-state index in [-0.39, 0.29) is 0 Å². The zero-order chi connectivity index (χ0) is 13.8. The predicted molar refractivity (Wildman–Crippen MR) is 87.8 cm³/mol. The van der Waals surface area contributed by atoms with Crippen LogP contribution in [0.4, 0.5) is 5.13 Å². The van der Waals surface area contributed by atoms with Gasteiger partial charge in [0, 0.05) is 24.0 Å². The molecular formula is C15H21N3S2. The van der Waals surface area contributed by atoms with Gasteiger partial charge in [0.15, 0.2) is 5.13 Å². The minimum atomic E-state index is 0.693. The first-order valence-corrected chi connectivity index (χ1v) is 9.22. The Kier molecular flexibility index (Phi) is 4.68. The summed E-state index contributed by atoms with van der Waals surface area (Å²) in [5, 5.41) is 7.82. The molecule has 2 aromatic heterocycles. The molecule has 1 aliphatic rings. The van der Waals surface area contributed by atoms with E-state index in [0.717, 1.165) is 23.8 Å². The summed E-state index contributed by atoms with van der Waals surface area (Å²) in [5.41, 5.74) is 1.08. The molecular weight excluding hydrogens is 286 g/mol. The molecule has 1 aliphatic carbocycles. The van der Waals surface area contributed by atoms with Gasteiger partial charge in [-0.3, -0.25) is 0 Å². The van der Waals surface area contributed by atoms with E-state index in [1.165, 1.54) is 42.0 Å². The van der Waals surface area contributed by atoms with Crippen LogP contribution in [0, 0.1) is 0 Å². The molecule has 0 bridgehead atoms. The summed E-state index contributed by atoms with van der Waals surface area (Å²) >= 11 is 3.52. The van der Waals surface area contributed by atoms with E-state index in [0.29, 0.717) is 5.92 Å². The summed E-state index contributed by atoms with van der Waals surface area (Å²) < 4.78 is 0. The SMILES string of the molecule is CCCNc1nc(-c2cnc(C3CCCCC3)s2)cs1. The Bertz CT molecular complexity index is 541. The lowest BCUT2D eigenvalue weighted by atomic mass is 9.90. The van der Waals surface area contributed by atoms with Gasteiger partial charge in [0.1, 0.15) is 0 Å². The van der Waals surface area contributed by atoms with Gasteiger partial charge >= 0.3 is 0 Å². The fourth-order valence-corrected chi connectivity index (χ4v) is 4.51. The maximum absolute atomic E-state index is 4.65. The molecule has 0 aromatic carbocycles. The van der Waals surface area contributed by atoms with E-state index in [1.807, 2.05) is 17.5 Å². The van der Waals surface area contributed by atoms with Crippen molar-refractivity contribution in [2.75, 3.05) is 11.9 Å². The summed E-state index contributed by atoms with van der Waals surface area (Å²) in [6.45, 7) is 3.16. The van der Waals surface area contributed by atoms with Crippen LogP contribution >= 0.6 is 22.7 Å². The normalized spacial score (nSPS) is 16.4. The topological polar surface area (TPSA) is 37.8 Å². The Morgan fingerprint density at radius 2 is 2.15 bits per heavy atom. The standard InChI is InChI=1S/C15H21N3S2/c1-2-8-16-15-18-12(10-19-15)13-9-17-14(20-13)11-6-4-3-5-7-11/h9-11H,2-8H2,1H3,(H,16,18). The van der Waals surface area contributed by atoms with Crippen LogP contribution in [0.15, 0.2) is 11.6 Å². The minimum absolute atomic E-state index is 0.693. The van der Waals surface area contributed by atoms with Crippen molar-refractivity contribution in [2.45, 2.75) is 51.4 Å². The first-order chi connectivity index (χ1) is 9.86. The Morgan fingerprint density at radius 3 is 2.95 bits per heavy atom. The maximum atomic E-state index is 4.65. The van der Waals surface area contributed by atoms with Crippen molar-refractivity contribution in [3.63, 3.8) is 0 Å². The largest absolute Gasteiger partial charge is 0.362 e. The summed E-state index contributed by atoms with van der Waals surface area (Å²) in [4.78, 5) is 10.5. The maximum Gasteiger partial charge on any atom is 0.183 e. The number of nitrogens with zero attached hydrogens (tertiary/aromatic N) is 2. The molecule has 3 nitrogen and oxygen atoms in total. The molecule has 20 heavy (non-hydrogen) atoms. The van der Waals surface area contributed by atoms with E-state index in [2.05, 4.69) is 27.6 Å². The van der Waals surface area contributed by atoms with Gasteiger partial charge in [-0.2, -0.15) is 0 Å². The average Bonchev–Trinajstić information content (AvgIpc) is 3.15. The van der Waals surface area contributed by atoms with Crippen LogP contribution in [0.3, 0.4) is 0 Å². The lowest BCUT2D eigenvalue weighted by Crippen LogP contribution is -2.03. The molecule has 1 N–H and O–H groups in total. The summed E-state index contributed by atoms with van der Waals surface area (Å²) in [6, 6.07) is 0. The molecule has 108 valence electrons. The molecule has 2 heterocycles. The molecule has 0 saturated heterocycles. The lowest BCUT2D eigenvalue weighted by molar-refractivity contribution is 0.442. The lowest BCUT2D eigenvalue weighted by Gasteiger charge is -2.18. The zero-order valence-electron chi connectivity index (χ0n) is 11.9. The van der Waals surface area contributed by atoms with Gasteiger partial charge in [0.05, 0.1) is 15.6 Å². The fourth-order valence-electron chi connectivity index (χ4n) is 2.64. The highest BCUT2D eigenvalue weighted by Crippen LogP contribution is 2.37. The van der Waals surface area contributed by atoms with Gasteiger partial charge in [-0.15, -0.1) is 22.7 Å². The van der Waals surface area contributed by atoms with Gasteiger partial charge in [-0.05, 0) is 19.3 Å². The quantitative estimate of drug-likeness (QED) is 0.831. The molecule has 0 unspecified atom stereocenters. The second-order valence-electron chi connectivity index (χ2n) is 5.36. The van der Waals surface area contributed by atoms with Gasteiger partial charge < -0.3 is 5.32 Å². The van der Waals surface area contributed by atoms with Crippen LogP contribution in [0.1, 0.15) is 56.4 Å². The van der Waals surface area contributed by atoms with Crippen molar-refractivity contribution in [1.82, 2.24) is 9.97 Å². The first-order valence-electron chi connectivity index (χ1n) is 7.52. The highest BCUT2D eigenvalue weighted by molar-refractivity contribution is 7.16. The number of aromatic nitrogens is 2. The monoisotopic (exact) mass is 307 g/mol. The van der Waals surface area contributed by atoms with Gasteiger partial charge in [0.25, 0.3) is 0 Å². The molecule has 2 aromatic rings. The minimum Gasteiger partial charge on any atom is -0.362 e. The van der Waals surface area contributed by atoms with Crippen molar-refractivity contribution in [3.8, 4) is 10.6 Å². The van der Waals surface area contributed by atoms with E-state index in [4.69, 9.17) is 0 Å². The van der Waals surface area contributed by atoms with Gasteiger partial charge in [-0.25, -0.2) is 9.97 Å². The Labute approximate surface area is 128 Å². The van der Waals surface area contributed by atoms with Crippen LogP contribution in [-0.4, -0.2) is 16.5 Å². The van der Waals surface area contributed by atoms with Crippen molar-refractivity contribution >= 4 is 27.8 Å². The number of nitrogens with one attached hydrogen (secondary N) is 1. The van der Waals surface area contributed by atoms with Crippen molar-refractivity contribution in [3.05, 3.63) is 16.6 Å². The van der Waals surface area contributed by atoms with E-state index >= 15 is 0 Å². The molecule has 3 rings (SSSR count). The van der Waals surface area contributed by atoms with Crippen LogP contribution in [0.2, 0.25) is 0 Å². The molecule has 0 aliphatic heterocycles. The smallest absolute Gasteiger partial charge is 0.183 e. The number of thiazole rings is 2. The molecule has 0 radical (unpaired) electrons. The van der Waals surface area contributed by atoms with E-state index < -0.39 is 0 Å². The van der Waals surface area contributed by atoms with Crippen molar-refractivity contribution in [1.29, 1.82) is 0 Å². The predicted octanol–water partition coefficient (Wildman–Crippen LogP) is 5.14. The molecule has 0 amide bonds. The van der Waals surface area contributed by atoms with Crippen LogP contribution in [0.25, 0.3) is 10.6 Å². The van der Waals surface area contributed by atoms with Crippen LogP contribution in [-0.2, 0) is 0 Å². The first kappa shape index (κ1) is 14.0. The summed E-state index contributed by atoms with van der Waals surface area (Å²) in [5.74, 6) is 0.693. The summed E-state index contributed by atoms with van der Waals surface area (Å²) in [7, 11) is 0. The molecule has 0 spiro atoms. The van der Waals surface area contributed by atoms with E-state index in [1.54, 1.807) is 11.3 Å². The highest BCUT2D eigenvalue weighted by atomic mass is 32.1. The molecule has 0 atom stereocenters. The molecule has 5 heteroatoms. The molecule has 1 saturated carbocycles. The third-order valence-electron chi connectivity index (χ3n) is 3.76. The summed E-state index contributed by atoms with van der Waals surface area (Å²) in [6.07, 6.45) is 9.88. The second-order valence-corrected chi connectivity index (χ2v) is 7.28. The average molecular weight is 307 g/mol. The van der Waals surface area contributed by atoms with E-state index in [9.17, 15) is 0 Å². The molecule has 1 fully saturated rings. The number of hydrogen-bond donors (Lipinski definition) is 1. The van der Waals surface area contributed by atoms with Crippen molar-refractivity contribution < 1.29 is 0 Å². The van der Waals surface area contributed by atoms with Gasteiger partial charge in [0.2, 0.25) is 0 Å². The third-order valence-corrected chi connectivity index (χ3v) is 5.74. The van der Waals surface area contributed by atoms with Crippen LogP contribution < -0.4 is 5.32 Å². The second kappa shape index (κ2) is 6.68. The fraction of sp³-hybridized carbons (Fsp3) is 0.600. The van der Waals surface area contributed by atoms with Crippen LogP contribution in [0.5, 0.6) is 0 Å². The Balaban J connectivity index is 1.70. The van der Waals surface area contributed by atoms with Crippen molar-refractivity contribution in [2.24, 2.45) is 0 Å².